The number of primary amides is 1. The van der Waals surface area contributed by atoms with E-state index in [1.807, 2.05) is 6.92 Å². The SMILES string of the molecule is CC(CC(=O)N[C@H](CC(N)=O)C(=O)O)C1CCCNC1. The standard InChI is InChI=1S/C13H23N3O4/c1-8(9-3-2-4-15-7-9)5-12(18)16-10(13(19)20)6-11(14)17/h8-10,15H,2-7H2,1H3,(H2,14,17)(H,16,18)(H,19,20)/t8?,9?,10-/m1/s1. The van der Waals surface area contributed by atoms with E-state index >= 15 is 0 Å². The second-order valence-electron chi connectivity index (χ2n) is 5.42. The Labute approximate surface area is 118 Å². The molecule has 1 heterocycles. The zero-order valence-electron chi connectivity index (χ0n) is 11.7. The van der Waals surface area contributed by atoms with Gasteiger partial charge in [0.15, 0.2) is 0 Å². The highest BCUT2D eigenvalue weighted by atomic mass is 16.4. The summed E-state index contributed by atoms with van der Waals surface area (Å²) < 4.78 is 0. The van der Waals surface area contributed by atoms with Crippen LogP contribution in [0.15, 0.2) is 0 Å². The molecule has 1 saturated heterocycles. The molecule has 0 aromatic heterocycles. The Morgan fingerprint density at radius 3 is 2.60 bits per heavy atom. The molecule has 1 fully saturated rings. The van der Waals surface area contributed by atoms with Crippen LogP contribution in [-0.4, -0.2) is 42.0 Å². The minimum Gasteiger partial charge on any atom is -0.480 e. The van der Waals surface area contributed by atoms with Gasteiger partial charge < -0.3 is 21.5 Å². The van der Waals surface area contributed by atoms with E-state index in [0.717, 1.165) is 25.9 Å². The van der Waals surface area contributed by atoms with E-state index in [4.69, 9.17) is 10.8 Å². The second kappa shape index (κ2) is 7.84. The zero-order valence-corrected chi connectivity index (χ0v) is 11.7. The minimum absolute atomic E-state index is 0.172. The molecule has 1 aliphatic rings. The zero-order chi connectivity index (χ0) is 15.1. The van der Waals surface area contributed by atoms with E-state index in [2.05, 4.69) is 10.6 Å². The third-order valence-corrected chi connectivity index (χ3v) is 3.69. The van der Waals surface area contributed by atoms with Crippen LogP contribution in [0.4, 0.5) is 0 Å². The van der Waals surface area contributed by atoms with Gasteiger partial charge in [-0.2, -0.15) is 0 Å². The Bertz CT molecular complexity index is 367. The molecule has 2 unspecified atom stereocenters. The summed E-state index contributed by atoms with van der Waals surface area (Å²) in [5.41, 5.74) is 4.96. The summed E-state index contributed by atoms with van der Waals surface area (Å²) in [7, 11) is 0. The van der Waals surface area contributed by atoms with E-state index in [1.54, 1.807) is 0 Å². The molecule has 114 valence electrons. The molecule has 0 bridgehead atoms. The van der Waals surface area contributed by atoms with E-state index < -0.39 is 17.9 Å². The van der Waals surface area contributed by atoms with Gasteiger partial charge in [0, 0.05) is 6.42 Å². The number of carboxylic acids is 1. The van der Waals surface area contributed by atoms with Crippen molar-refractivity contribution in [3.8, 4) is 0 Å². The van der Waals surface area contributed by atoms with Crippen molar-refractivity contribution >= 4 is 17.8 Å². The van der Waals surface area contributed by atoms with E-state index in [-0.39, 0.29) is 24.7 Å². The summed E-state index contributed by atoms with van der Waals surface area (Å²) in [6.45, 7) is 3.88. The van der Waals surface area contributed by atoms with Gasteiger partial charge in [-0.15, -0.1) is 0 Å². The number of carboxylic acid groups (broad SMARTS) is 1. The van der Waals surface area contributed by atoms with Crippen molar-refractivity contribution in [1.29, 1.82) is 0 Å². The lowest BCUT2D eigenvalue weighted by molar-refractivity contribution is -0.143. The lowest BCUT2D eigenvalue weighted by atomic mass is 9.85. The molecule has 3 atom stereocenters. The number of aliphatic carboxylic acids is 1. The van der Waals surface area contributed by atoms with Crippen LogP contribution in [0.1, 0.15) is 32.6 Å². The van der Waals surface area contributed by atoms with Gasteiger partial charge in [0.1, 0.15) is 6.04 Å². The quantitative estimate of drug-likeness (QED) is 0.500. The van der Waals surface area contributed by atoms with Gasteiger partial charge in [0.05, 0.1) is 6.42 Å². The van der Waals surface area contributed by atoms with Gasteiger partial charge >= 0.3 is 5.97 Å². The van der Waals surface area contributed by atoms with Crippen LogP contribution in [0, 0.1) is 11.8 Å². The average molecular weight is 285 g/mol. The summed E-state index contributed by atoms with van der Waals surface area (Å²) in [4.78, 5) is 33.5. The highest BCUT2D eigenvalue weighted by Gasteiger charge is 2.25. The first-order valence-electron chi connectivity index (χ1n) is 6.91. The summed E-state index contributed by atoms with van der Waals surface area (Å²) in [6, 6.07) is -1.24. The average Bonchev–Trinajstić information content (AvgIpc) is 2.38. The van der Waals surface area contributed by atoms with Gasteiger partial charge in [-0.25, -0.2) is 4.79 Å². The summed E-state index contributed by atoms with van der Waals surface area (Å²) in [6.07, 6.45) is 2.04. The molecule has 0 aliphatic carbocycles. The smallest absolute Gasteiger partial charge is 0.326 e. The van der Waals surface area contributed by atoms with Gasteiger partial charge in [0.25, 0.3) is 0 Å². The van der Waals surface area contributed by atoms with Gasteiger partial charge in [0.2, 0.25) is 11.8 Å². The summed E-state index contributed by atoms with van der Waals surface area (Å²) in [5.74, 6) is -1.75. The molecule has 7 heteroatoms. The van der Waals surface area contributed by atoms with Crippen molar-refractivity contribution in [1.82, 2.24) is 10.6 Å². The van der Waals surface area contributed by atoms with Crippen LogP contribution in [-0.2, 0) is 14.4 Å². The van der Waals surface area contributed by atoms with Crippen LogP contribution in [0.5, 0.6) is 0 Å². The number of nitrogens with one attached hydrogen (secondary N) is 2. The molecule has 0 spiro atoms. The third-order valence-electron chi connectivity index (χ3n) is 3.69. The van der Waals surface area contributed by atoms with Crippen molar-refractivity contribution < 1.29 is 19.5 Å². The van der Waals surface area contributed by atoms with Crippen molar-refractivity contribution in [2.45, 2.75) is 38.6 Å². The number of amides is 2. The van der Waals surface area contributed by atoms with Crippen molar-refractivity contribution in [2.75, 3.05) is 13.1 Å². The van der Waals surface area contributed by atoms with E-state index in [9.17, 15) is 14.4 Å². The Kier molecular flexibility index (Phi) is 6.44. The number of rotatable bonds is 7. The van der Waals surface area contributed by atoms with Crippen LogP contribution >= 0.6 is 0 Å². The second-order valence-corrected chi connectivity index (χ2v) is 5.42. The fourth-order valence-electron chi connectivity index (χ4n) is 2.48. The molecule has 0 aromatic carbocycles. The van der Waals surface area contributed by atoms with Crippen molar-refractivity contribution in [3.63, 3.8) is 0 Å². The van der Waals surface area contributed by atoms with Crippen molar-refractivity contribution in [3.05, 3.63) is 0 Å². The first kappa shape index (κ1) is 16.4. The summed E-state index contributed by atoms with van der Waals surface area (Å²) in [5, 5.41) is 14.6. The largest absolute Gasteiger partial charge is 0.480 e. The predicted molar refractivity (Wildman–Crippen MR) is 72.8 cm³/mol. The van der Waals surface area contributed by atoms with E-state index in [1.165, 1.54) is 0 Å². The number of piperidine rings is 1. The normalized spacial score (nSPS) is 21.8. The highest BCUT2D eigenvalue weighted by Crippen LogP contribution is 2.22. The number of hydrogen-bond acceptors (Lipinski definition) is 4. The Hall–Kier alpha value is -1.63. The Balaban J connectivity index is 2.43. The molecule has 7 nitrogen and oxygen atoms in total. The maximum Gasteiger partial charge on any atom is 0.326 e. The van der Waals surface area contributed by atoms with Crippen LogP contribution in [0.2, 0.25) is 0 Å². The lowest BCUT2D eigenvalue weighted by Gasteiger charge is -2.28. The van der Waals surface area contributed by atoms with Gasteiger partial charge in [-0.1, -0.05) is 6.92 Å². The monoisotopic (exact) mass is 285 g/mol. The molecule has 5 N–H and O–H groups in total. The van der Waals surface area contributed by atoms with Crippen LogP contribution in [0.3, 0.4) is 0 Å². The summed E-state index contributed by atoms with van der Waals surface area (Å²) >= 11 is 0. The van der Waals surface area contributed by atoms with Crippen LogP contribution in [0.25, 0.3) is 0 Å². The molecule has 1 rings (SSSR count). The number of nitrogens with two attached hydrogens (primary N) is 1. The van der Waals surface area contributed by atoms with Crippen molar-refractivity contribution in [2.24, 2.45) is 17.6 Å². The maximum absolute atomic E-state index is 11.8. The molecule has 20 heavy (non-hydrogen) atoms. The Morgan fingerprint density at radius 1 is 1.40 bits per heavy atom. The minimum atomic E-state index is -1.25. The number of carbonyl (C=O) groups excluding carboxylic acids is 2. The molecule has 0 saturated carbocycles. The molecular weight excluding hydrogens is 262 g/mol. The predicted octanol–water partition coefficient (Wildman–Crippen LogP) is -0.543. The number of carbonyl (C=O) groups is 3. The number of hydrogen-bond donors (Lipinski definition) is 4. The maximum atomic E-state index is 11.8. The third kappa shape index (κ3) is 5.56. The van der Waals surface area contributed by atoms with E-state index in [0.29, 0.717) is 5.92 Å². The molecule has 1 aliphatic heterocycles. The first-order chi connectivity index (χ1) is 9.40. The molecular formula is C13H23N3O4. The Morgan fingerprint density at radius 2 is 2.10 bits per heavy atom. The van der Waals surface area contributed by atoms with Gasteiger partial charge in [-0.05, 0) is 37.8 Å². The molecule has 0 radical (unpaired) electrons. The highest BCUT2D eigenvalue weighted by molar-refractivity contribution is 5.88. The topological polar surface area (TPSA) is 122 Å². The first-order valence-corrected chi connectivity index (χ1v) is 6.91. The van der Waals surface area contributed by atoms with Gasteiger partial charge in [-0.3, -0.25) is 9.59 Å². The molecule has 0 aromatic rings. The fourth-order valence-corrected chi connectivity index (χ4v) is 2.48. The fraction of sp³-hybridized carbons (Fsp3) is 0.769. The molecule has 2 amide bonds. The van der Waals surface area contributed by atoms with Crippen LogP contribution < -0.4 is 16.4 Å². The lowest BCUT2D eigenvalue weighted by Crippen LogP contribution is -2.44.